The standard InChI is InChI=1S/C17H20N8S/c1-3-15-23-24-17(26-15)22-13-8-11(2)20-16(21-13)12-4-7-25(10-12)14-9-18-5-6-19-14/h5-6,8-9,12H,3-4,7,10H2,1-2H3,(H,20,21,22,24)/t12-/m1/s1. The van der Waals surface area contributed by atoms with Gasteiger partial charge in [0.15, 0.2) is 0 Å². The summed E-state index contributed by atoms with van der Waals surface area (Å²) in [7, 11) is 0. The van der Waals surface area contributed by atoms with Crippen LogP contribution in [0.1, 0.15) is 35.8 Å². The SMILES string of the molecule is CCc1nnc(Nc2cc(C)nc([C@@H]3CCN(c4cnccn4)C3)n2)s1. The maximum Gasteiger partial charge on any atom is 0.211 e. The van der Waals surface area contributed by atoms with Gasteiger partial charge in [0.2, 0.25) is 5.13 Å². The summed E-state index contributed by atoms with van der Waals surface area (Å²) < 4.78 is 0. The second kappa shape index (κ2) is 7.28. The summed E-state index contributed by atoms with van der Waals surface area (Å²) in [4.78, 5) is 20.2. The molecule has 1 atom stereocenters. The maximum atomic E-state index is 4.73. The van der Waals surface area contributed by atoms with Crippen molar-refractivity contribution in [2.75, 3.05) is 23.3 Å². The number of nitrogens with zero attached hydrogens (tertiary/aromatic N) is 7. The number of rotatable bonds is 5. The smallest absolute Gasteiger partial charge is 0.211 e. The van der Waals surface area contributed by atoms with Crippen molar-refractivity contribution >= 4 is 28.1 Å². The largest absolute Gasteiger partial charge is 0.355 e. The summed E-state index contributed by atoms with van der Waals surface area (Å²) in [5.41, 5.74) is 0.940. The van der Waals surface area contributed by atoms with Gasteiger partial charge >= 0.3 is 0 Å². The second-order valence-electron chi connectivity index (χ2n) is 6.23. The lowest BCUT2D eigenvalue weighted by Gasteiger charge is -2.16. The molecule has 8 nitrogen and oxygen atoms in total. The van der Waals surface area contributed by atoms with Crippen LogP contribution in [-0.4, -0.2) is 43.2 Å². The Morgan fingerprint density at radius 2 is 2.19 bits per heavy atom. The molecule has 1 fully saturated rings. The molecule has 4 rings (SSSR count). The summed E-state index contributed by atoms with van der Waals surface area (Å²) in [5.74, 6) is 2.81. The van der Waals surface area contributed by atoms with Crippen LogP contribution in [0.3, 0.4) is 0 Å². The van der Waals surface area contributed by atoms with Crippen molar-refractivity contribution in [3.8, 4) is 0 Å². The Hall–Kier alpha value is -2.68. The molecule has 0 spiro atoms. The lowest BCUT2D eigenvalue weighted by Crippen LogP contribution is -2.21. The predicted octanol–water partition coefficient (Wildman–Crippen LogP) is 2.73. The second-order valence-corrected chi connectivity index (χ2v) is 7.29. The van der Waals surface area contributed by atoms with Gasteiger partial charge in [0.25, 0.3) is 0 Å². The fourth-order valence-corrected chi connectivity index (χ4v) is 3.71. The predicted molar refractivity (Wildman–Crippen MR) is 101 cm³/mol. The van der Waals surface area contributed by atoms with Crippen LogP contribution < -0.4 is 10.2 Å². The Morgan fingerprint density at radius 1 is 1.27 bits per heavy atom. The molecular weight excluding hydrogens is 348 g/mol. The number of anilines is 3. The molecular formula is C17H20N8S. The topological polar surface area (TPSA) is 92.6 Å². The van der Waals surface area contributed by atoms with Crippen LogP contribution in [0.15, 0.2) is 24.7 Å². The average Bonchev–Trinajstić information content (AvgIpc) is 3.31. The molecule has 0 aliphatic carbocycles. The number of hydrogen-bond acceptors (Lipinski definition) is 9. The van der Waals surface area contributed by atoms with E-state index >= 15 is 0 Å². The number of aryl methyl sites for hydroxylation is 2. The van der Waals surface area contributed by atoms with Gasteiger partial charge in [0.05, 0.1) is 6.20 Å². The van der Waals surface area contributed by atoms with Crippen molar-refractivity contribution in [3.05, 3.63) is 41.2 Å². The van der Waals surface area contributed by atoms with E-state index in [2.05, 4.69) is 42.3 Å². The number of nitrogens with one attached hydrogen (secondary N) is 1. The highest BCUT2D eigenvalue weighted by Gasteiger charge is 2.27. The summed E-state index contributed by atoms with van der Waals surface area (Å²) in [5, 5.41) is 13.3. The van der Waals surface area contributed by atoms with Gasteiger partial charge in [-0.25, -0.2) is 15.0 Å². The molecule has 0 aromatic carbocycles. The third kappa shape index (κ3) is 3.62. The molecule has 9 heteroatoms. The third-order valence-corrected chi connectivity index (χ3v) is 5.29. The van der Waals surface area contributed by atoms with Gasteiger partial charge in [-0.1, -0.05) is 18.3 Å². The van der Waals surface area contributed by atoms with E-state index in [0.29, 0.717) is 0 Å². The molecule has 0 bridgehead atoms. The zero-order valence-corrected chi connectivity index (χ0v) is 15.6. The van der Waals surface area contributed by atoms with Gasteiger partial charge in [-0.3, -0.25) is 4.98 Å². The fourth-order valence-electron chi connectivity index (χ4n) is 3.03. The van der Waals surface area contributed by atoms with E-state index in [9.17, 15) is 0 Å². The van der Waals surface area contributed by atoms with E-state index in [1.807, 2.05) is 13.0 Å². The monoisotopic (exact) mass is 368 g/mol. The zero-order chi connectivity index (χ0) is 17.9. The van der Waals surface area contributed by atoms with Crippen LogP contribution in [0.5, 0.6) is 0 Å². The fraction of sp³-hybridized carbons (Fsp3) is 0.412. The molecule has 1 aliphatic heterocycles. The van der Waals surface area contributed by atoms with Gasteiger partial charge in [-0.15, -0.1) is 10.2 Å². The Labute approximate surface area is 155 Å². The van der Waals surface area contributed by atoms with Gasteiger partial charge in [0, 0.05) is 43.2 Å². The molecule has 3 aromatic rings. The molecule has 4 heterocycles. The van der Waals surface area contributed by atoms with E-state index < -0.39 is 0 Å². The lowest BCUT2D eigenvalue weighted by molar-refractivity contribution is 0.705. The van der Waals surface area contributed by atoms with Crippen molar-refractivity contribution in [3.63, 3.8) is 0 Å². The van der Waals surface area contributed by atoms with Crippen molar-refractivity contribution in [1.82, 2.24) is 30.1 Å². The van der Waals surface area contributed by atoms with E-state index in [0.717, 1.165) is 59.2 Å². The third-order valence-electron chi connectivity index (χ3n) is 4.30. The first-order valence-electron chi connectivity index (χ1n) is 8.67. The Morgan fingerprint density at radius 3 is 2.96 bits per heavy atom. The van der Waals surface area contributed by atoms with Crippen LogP contribution in [-0.2, 0) is 6.42 Å². The minimum atomic E-state index is 0.276. The highest BCUT2D eigenvalue weighted by atomic mass is 32.1. The first-order chi connectivity index (χ1) is 12.7. The molecule has 1 saturated heterocycles. The summed E-state index contributed by atoms with van der Waals surface area (Å²) in [6.45, 7) is 5.84. The van der Waals surface area contributed by atoms with Crippen molar-refractivity contribution in [1.29, 1.82) is 0 Å². The summed E-state index contributed by atoms with van der Waals surface area (Å²) >= 11 is 1.55. The highest BCUT2D eigenvalue weighted by molar-refractivity contribution is 7.15. The first-order valence-corrected chi connectivity index (χ1v) is 9.49. The van der Waals surface area contributed by atoms with E-state index in [-0.39, 0.29) is 5.92 Å². The van der Waals surface area contributed by atoms with Crippen molar-refractivity contribution in [2.24, 2.45) is 0 Å². The minimum Gasteiger partial charge on any atom is -0.355 e. The summed E-state index contributed by atoms with van der Waals surface area (Å²) in [6.07, 6.45) is 7.09. The maximum absolute atomic E-state index is 4.73. The molecule has 0 unspecified atom stereocenters. The van der Waals surface area contributed by atoms with E-state index in [1.165, 1.54) is 0 Å². The van der Waals surface area contributed by atoms with E-state index in [1.54, 1.807) is 29.9 Å². The van der Waals surface area contributed by atoms with Crippen LogP contribution in [0.2, 0.25) is 0 Å². The van der Waals surface area contributed by atoms with Crippen LogP contribution in [0.25, 0.3) is 0 Å². The number of hydrogen-bond donors (Lipinski definition) is 1. The van der Waals surface area contributed by atoms with Gasteiger partial charge in [-0.05, 0) is 19.8 Å². The summed E-state index contributed by atoms with van der Waals surface area (Å²) in [6, 6.07) is 1.94. The van der Waals surface area contributed by atoms with Crippen LogP contribution in [0.4, 0.5) is 16.8 Å². The Balaban J connectivity index is 1.51. The zero-order valence-electron chi connectivity index (χ0n) is 14.8. The van der Waals surface area contributed by atoms with Gasteiger partial charge < -0.3 is 10.2 Å². The molecule has 26 heavy (non-hydrogen) atoms. The van der Waals surface area contributed by atoms with Crippen molar-refractivity contribution < 1.29 is 0 Å². The quantitative estimate of drug-likeness (QED) is 0.735. The molecule has 1 aliphatic rings. The van der Waals surface area contributed by atoms with E-state index in [4.69, 9.17) is 4.98 Å². The van der Waals surface area contributed by atoms with Gasteiger partial charge in [0.1, 0.15) is 22.5 Å². The lowest BCUT2D eigenvalue weighted by atomic mass is 10.1. The molecule has 0 radical (unpaired) electrons. The Bertz CT molecular complexity index is 881. The van der Waals surface area contributed by atoms with Gasteiger partial charge in [-0.2, -0.15) is 0 Å². The van der Waals surface area contributed by atoms with Crippen LogP contribution in [0, 0.1) is 6.92 Å². The molecule has 1 N–H and O–H groups in total. The molecule has 0 saturated carbocycles. The van der Waals surface area contributed by atoms with Crippen molar-refractivity contribution in [2.45, 2.75) is 32.6 Å². The minimum absolute atomic E-state index is 0.276. The molecule has 3 aromatic heterocycles. The normalized spacial score (nSPS) is 16.8. The first kappa shape index (κ1) is 16.8. The average molecular weight is 368 g/mol. The Kier molecular flexibility index (Phi) is 4.70. The number of aromatic nitrogens is 6. The van der Waals surface area contributed by atoms with Crippen LogP contribution >= 0.6 is 11.3 Å². The molecule has 134 valence electrons. The highest BCUT2D eigenvalue weighted by Crippen LogP contribution is 2.29. The molecule has 0 amide bonds.